The van der Waals surface area contributed by atoms with Crippen molar-refractivity contribution >= 4 is 11.6 Å². The lowest BCUT2D eigenvalue weighted by Gasteiger charge is -2.40. The molecule has 3 N–H and O–H groups in total. The highest BCUT2D eigenvalue weighted by Gasteiger charge is 2.43. The Morgan fingerprint density at radius 2 is 1.92 bits per heavy atom. The van der Waals surface area contributed by atoms with Gasteiger partial charge in [0.25, 0.3) is 5.91 Å². The highest BCUT2D eigenvalue weighted by molar-refractivity contribution is 5.95. The van der Waals surface area contributed by atoms with E-state index < -0.39 is 0 Å². The third kappa shape index (κ3) is 2.73. The lowest BCUT2D eigenvalue weighted by atomic mass is 9.86. The van der Waals surface area contributed by atoms with Crippen LogP contribution in [0.3, 0.4) is 0 Å². The summed E-state index contributed by atoms with van der Waals surface area (Å²) in [6, 6.07) is 15.1. The molecule has 0 saturated heterocycles. The molecule has 2 aliphatic rings. The molecule has 1 spiro atoms. The van der Waals surface area contributed by atoms with Crippen LogP contribution < -0.4 is 15.8 Å². The molecule has 4 nitrogen and oxygen atoms in total. The zero-order valence-corrected chi connectivity index (χ0v) is 13.6. The molecule has 1 heterocycles. The molecule has 24 heavy (non-hydrogen) atoms. The first kappa shape index (κ1) is 15.1. The fourth-order valence-electron chi connectivity index (χ4n) is 3.99. The van der Waals surface area contributed by atoms with Crippen LogP contribution in [0, 0.1) is 0 Å². The van der Waals surface area contributed by atoms with Gasteiger partial charge in [0.15, 0.2) is 0 Å². The average molecular weight is 322 g/mol. The molecule has 4 rings (SSSR count). The fourth-order valence-corrected chi connectivity index (χ4v) is 3.99. The van der Waals surface area contributed by atoms with Crippen LogP contribution in [0.2, 0.25) is 0 Å². The van der Waals surface area contributed by atoms with E-state index in [-0.39, 0.29) is 17.6 Å². The van der Waals surface area contributed by atoms with Gasteiger partial charge in [-0.25, -0.2) is 0 Å². The van der Waals surface area contributed by atoms with Crippen LogP contribution in [0.5, 0.6) is 5.75 Å². The summed E-state index contributed by atoms with van der Waals surface area (Å²) in [6.07, 6.45) is 5.34. The SMILES string of the molecule is Nc1cccc(C(=O)NC2CC3(CCCC3)Oc3ccccc32)c1. The summed E-state index contributed by atoms with van der Waals surface area (Å²) in [4.78, 5) is 12.7. The number of nitrogens with one attached hydrogen (secondary N) is 1. The maximum atomic E-state index is 12.7. The largest absolute Gasteiger partial charge is 0.487 e. The van der Waals surface area contributed by atoms with Gasteiger partial charge in [-0.15, -0.1) is 0 Å². The minimum absolute atomic E-state index is 0.0259. The Morgan fingerprint density at radius 1 is 1.12 bits per heavy atom. The first-order valence-electron chi connectivity index (χ1n) is 8.60. The Labute approximate surface area is 142 Å². The first-order chi connectivity index (χ1) is 11.7. The van der Waals surface area contributed by atoms with Crippen molar-refractivity contribution in [1.29, 1.82) is 0 Å². The number of hydrogen-bond donors (Lipinski definition) is 2. The average Bonchev–Trinajstić information content (AvgIpc) is 3.02. The number of carbonyl (C=O) groups excluding carboxylic acids is 1. The molecule has 1 amide bonds. The molecular formula is C20H22N2O2. The van der Waals surface area contributed by atoms with Gasteiger partial charge >= 0.3 is 0 Å². The standard InChI is InChI=1S/C20H22N2O2/c21-15-7-5-6-14(12-15)19(23)22-17-13-20(10-3-4-11-20)24-18-9-2-1-8-16(17)18/h1-2,5-9,12,17H,3-4,10-11,13,21H2,(H,22,23). The quantitative estimate of drug-likeness (QED) is 0.826. The Hall–Kier alpha value is -2.49. The summed E-state index contributed by atoms with van der Waals surface area (Å²) < 4.78 is 6.35. The lowest BCUT2D eigenvalue weighted by Crippen LogP contribution is -2.43. The molecule has 1 fully saturated rings. The number of hydrogen-bond acceptors (Lipinski definition) is 3. The van der Waals surface area contributed by atoms with Crippen LogP contribution in [0.15, 0.2) is 48.5 Å². The summed E-state index contributed by atoms with van der Waals surface area (Å²) in [5.41, 5.74) is 7.94. The Kier molecular flexibility index (Phi) is 3.68. The smallest absolute Gasteiger partial charge is 0.251 e. The Balaban J connectivity index is 1.62. The second-order valence-electron chi connectivity index (χ2n) is 6.89. The molecule has 124 valence electrons. The molecule has 1 aliphatic heterocycles. The third-order valence-electron chi connectivity index (χ3n) is 5.17. The number of anilines is 1. The lowest BCUT2D eigenvalue weighted by molar-refractivity contribution is 0.0360. The van der Waals surface area contributed by atoms with Gasteiger partial charge in [0.05, 0.1) is 6.04 Å². The van der Waals surface area contributed by atoms with Crippen molar-refractivity contribution in [2.24, 2.45) is 0 Å². The summed E-state index contributed by atoms with van der Waals surface area (Å²) >= 11 is 0. The van der Waals surface area contributed by atoms with Gasteiger partial charge in [-0.2, -0.15) is 0 Å². The van der Waals surface area contributed by atoms with Crippen molar-refractivity contribution in [3.8, 4) is 5.75 Å². The summed E-state index contributed by atoms with van der Waals surface area (Å²) in [6.45, 7) is 0. The number of amides is 1. The highest BCUT2D eigenvalue weighted by atomic mass is 16.5. The predicted molar refractivity (Wildman–Crippen MR) is 93.9 cm³/mol. The molecule has 0 aromatic heterocycles. The second-order valence-corrected chi connectivity index (χ2v) is 6.89. The number of ether oxygens (including phenoxy) is 1. The minimum Gasteiger partial charge on any atom is -0.487 e. The van der Waals surface area contributed by atoms with Crippen LogP contribution in [0.1, 0.15) is 54.1 Å². The monoisotopic (exact) mass is 322 g/mol. The van der Waals surface area contributed by atoms with E-state index in [0.717, 1.165) is 30.6 Å². The summed E-state index contributed by atoms with van der Waals surface area (Å²) in [5, 5.41) is 3.20. The second kappa shape index (κ2) is 5.86. The van der Waals surface area contributed by atoms with E-state index in [1.54, 1.807) is 24.3 Å². The zero-order chi connectivity index (χ0) is 16.6. The van der Waals surface area contributed by atoms with Crippen LogP contribution in [0.4, 0.5) is 5.69 Å². The molecule has 1 atom stereocenters. The number of para-hydroxylation sites is 1. The molecule has 1 saturated carbocycles. The first-order valence-corrected chi connectivity index (χ1v) is 8.60. The summed E-state index contributed by atoms with van der Waals surface area (Å²) in [5.74, 6) is 0.820. The van der Waals surface area contributed by atoms with Gasteiger partial charge in [0, 0.05) is 23.2 Å². The molecule has 1 unspecified atom stereocenters. The van der Waals surface area contributed by atoms with E-state index in [4.69, 9.17) is 10.5 Å². The fraction of sp³-hybridized carbons (Fsp3) is 0.350. The van der Waals surface area contributed by atoms with E-state index in [2.05, 4.69) is 5.32 Å². The number of nitrogen functional groups attached to an aromatic ring is 1. The molecule has 0 bridgehead atoms. The molecule has 1 aliphatic carbocycles. The van der Waals surface area contributed by atoms with E-state index in [0.29, 0.717) is 11.3 Å². The molecule has 2 aromatic rings. The van der Waals surface area contributed by atoms with Crippen molar-refractivity contribution in [3.05, 3.63) is 59.7 Å². The maximum Gasteiger partial charge on any atom is 0.251 e. The van der Waals surface area contributed by atoms with E-state index in [1.165, 1.54) is 12.8 Å². The van der Waals surface area contributed by atoms with E-state index >= 15 is 0 Å². The molecule has 4 heteroatoms. The number of rotatable bonds is 2. The van der Waals surface area contributed by atoms with Crippen molar-refractivity contribution in [1.82, 2.24) is 5.32 Å². The minimum atomic E-state index is -0.123. The number of benzene rings is 2. The van der Waals surface area contributed by atoms with Gasteiger partial charge in [0.2, 0.25) is 0 Å². The van der Waals surface area contributed by atoms with Crippen LogP contribution in [0.25, 0.3) is 0 Å². The van der Waals surface area contributed by atoms with Crippen molar-refractivity contribution in [2.75, 3.05) is 5.73 Å². The van der Waals surface area contributed by atoms with Gasteiger partial charge < -0.3 is 15.8 Å². The number of fused-ring (bicyclic) bond motifs is 1. The third-order valence-corrected chi connectivity index (χ3v) is 5.17. The Morgan fingerprint density at radius 3 is 2.71 bits per heavy atom. The molecular weight excluding hydrogens is 300 g/mol. The number of carbonyl (C=O) groups is 1. The van der Waals surface area contributed by atoms with E-state index in [9.17, 15) is 4.79 Å². The van der Waals surface area contributed by atoms with Crippen molar-refractivity contribution in [3.63, 3.8) is 0 Å². The molecule has 2 aromatic carbocycles. The van der Waals surface area contributed by atoms with Gasteiger partial charge in [-0.1, -0.05) is 24.3 Å². The number of nitrogens with two attached hydrogens (primary N) is 1. The topological polar surface area (TPSA) is 64.4 Å². The van der Waals surface area contributed by atoms with E-state index in [1.807, 2.05) is 24.3 Å². The van der Waals surface area contributed by atoms with Gasteiger partial charge in [-0.05, 0) is 49.9 Å². The zero-order valence-electron chi connectivity index (χ0n) is 13.6. The normalized spacial score (nSPS) is 21.1. The highest BCUT2D eigenvalue weighted by Crippen LogP contribution is 2.47. The maximum absolute atomic E-state index is 12.7. The van der Waals surface area contributed by atoms with Crippen molar-refractivity contribution < 1.29 is 9.53 Å². The van der Waals surface area contributed by atoms with Crippen LogP contribution in [-0.4, -0.2) is 11.5 Å². The molecule has 0 radical (unpaired) electrons. The Bertz CT molecular complexity index is 766. The van der Waals surface area contributed by atoms with Crippen LogP contribution >= 0.6 is 0 Å². The van der Waals surface area contributed by atoms with Gasteiger partial charge in [-0.3, -0.25) is 4.79 Å². The summed E-state index contributed by atoms with van der Waals surface area (Å²) in [7, 11) is 0. The van der Waals surface area contributed by atoms with Crippen molar-refractivity contribution in [2.45, 2.75) is 43.7 Å². The predicted octanol–water partition coefficient (Wildman–Crippen LogP) is 3.84. The van der Waals surface area contributed by atoms with Gasteiger partial charge in [0.1, 0.15) is 11.4 Å². The van der Waals surface area contributed by atoms with Crippen LogP contribution in [-0.2, 0) is 0 Å².